The predicted octanol–water partition coefficient (Wildman–Crippen LogP) is 3.22. The van der Waals surface area contributed by atoms with Gasteiger partial charge < -0.3 is 19.5 Å². The van der Waals surface area contributed by atoms with Crippen LogP contribution in [-0.2, 0) is 13.0 Å². The van der Waals surface area contributed by atoms with Crippen molar-refractivity contribution < 1.29 is 19.0 Å². The molecule has 0 unspecified atom stereocenters. The lowest BCUT2D eigenvalue weighted by atomic mass is 10.1. The highest BCUT2D eigenvalue weighted by molar-refractivity contribution is 6.05. The average Bonchev–Trinajstić information content (AvgIpc) is 3.21. The van der Waals surface area contributed by atoms with Crippen LogP contribution in [0.3, 0.4) is 0 Å². The number of fused-ring (bicyclic) bond motifs is 1. The zero-order valence-corrected chi connectivity index (χ0v) is 19.8. The van der Waals surface area contributed by atoms with Crippen molar-refractivity contribution in [1.82, 2.24) is 24.3 Å². The van der Waals surface area contributed by atoms with Gasteiger partial charge in [-0.15, -0.1) is 15.0 Å². The first kappa shape index (κ1) is 23.1. The lowest BCUT2D eigenvalue weighted by molar-refractivity contribution is 0.102. The molecule has 1 aliphatic heterocycles. The van der Waals surface area contributed by atoms with E-state index in [1.54, 1.807) is 28.9 Å². The summed E-state index contributed by atoms with van der Waals surface area (Å²) in [5, 5.41) is 2.84. The number of methoxy groups -OCH3 is 2. The summed E-state index contributed by atoms with van der Waals surface area (Å²) in [6, 6.07) is 16.1. The number of hydrogen-bond donors (Lipinski definition) is 1. The number of nitrogens with one attached hydrogen (secondary N) is 1. The molecule has 2 aromatic carbocycles. The Bertz CT molecular complexity index is 1420. The Morgan fingerprint density at radius 2 is 1.56 bits per heavy atom. The maximum Gasteiger partial charge on any atom is 0.331 e. The Morgan fingerprint density at radius 1 is 0.889 bits per heavy atom. The molecule has 2 aromatic heterocycles. The second-order valence-electron chi connectivity index (χ2n) is 8.03. The van der Waals surface area contributed by atoms with Gasteiger partial charge in [0, 0.05) is 12.2 Å². The quantitative estimate of drug-likeness (QED) is 0.421. The molecule has 0 spiro atoms. The third-order valence-corrected chi connectivity index (χ3v) is 5.77. The number of para-hydroxylation sites is 1. The van der Waals surface area contributed by atoms with Crippen LogP contribution in [0.2, 0.25) is 0 Å². The first-order valence-electron chi connectivity index (χ1n) is 11.4. The molecule has 0 radical (unpaired) electrons. The van der Waals surface area contributed by atoms with Crippen LogP contribution in [0.4, 0.5) is 5.69 Å². The molecule has 36 heavy (non-hydrogen) atoms. The highest BCUT2D eigenvalue weighted by atomic mass is 16.5. The molecule has 0 aliphatic carbocycles. The molecule has 11 nitrogen and oxygen atoms in total. The van der Waals surface area contributed by atoms with Gasteiger partial charge in [0.1, 0.15) is 11.3 Å². The summed E-state index contributed by atoms with van der Waals surface area (Å²) in [6.45, 7) is 0.686. The van der Waals surface area contributed by atoms with Crippen LogP contribution in [0.5, 0.6) is 23.8 Å². The summed E-state index contributed by atoms with van der Waals surface area (Å²) in [7, 11) is 2.85. The van der Waals surface area contributed by atoms with Crippen molar-refractivity contribution in [2.24, 2.45) is 0 Å². The van der Waals surface area contributed by atoms with Gasteiger partial charge in [-0.1, -0.05) is 18.2 Å². The van der Waals surface area contributed by atoms with Crippen molar-refractivity contribution in [2.45, 2.75) is 25.8 Å². The largest absolute Gasteiger partial charge is 0.467 e. The Kier molecular flexibility index (Phi) is 6.35. The lowest BCUT2D eigenvalue weighted by Crippen LogP contribution is -2.25. The maximum absolute atomic E-state index is 13.4. The van der Waals surface area contributed by atoms with Crippen LogP contribution < -0.4 is 25.1 Å². The van der Waals surface area contributed by atoms with Gasteiger partial charge in [0.05, 0.1) is 25.6 Å². The first-order valence-corrected chi connectivity index (χ1v) is 11.4. The third kappa shape index (κ3) is 4.50. The minimum atomic E-state index is -0.444. The molecule has 1 N–H and O–H groups in total. The Labute approximate surface area is 206 Å². The van der Waals surface area contributed by atoms with Crippen LogP contribution in [0.1, 0.15) is 28.9 Å². The van der Waals surface area contributed by atoms with Gasteiger partial charge in [-0.25, -0.2) is 4.68 Å². The molecule has 0 saturated carbocycles. The molecule has 1 amide bonds. The predicted molar refractivity (Wildman–Crippen MR) is 130 cm³/mol. The molecule has 0 bridgehead atoms. The zero-order chi connectivity index (χ0) is 25.1. The van der Waals surface area contributed by atoms with E-state index >= 15 is 0 Å². The van der Waals surface area contributed by atoms with Crippen molar-refractivity contribution in [3.8, 4) is 29.5 Å². The molecule has 1 aliphatic rings. The number of nitrogens with zero attached hydrogens (tertiary/aromatic N) is 5. The second-order valence-corrected chi connectivity index (χ2v) is 8.03. The number of anilines is 1. The van der Waals surface area contributed by atoms with Crippen molar-refractivity contribution in [2.75, 3.05) is 19.5 Å². The second kappa shape index (κ2) is 9.90. The summed E-state index contributed by atoms with van der Waals surface area (Å²) in [6.07, 6.45) is 2.55. The third-order valence-electron chi connectivity index (χ3n) is 5.77. The number of hydrogen-bond acceptors (Lipinski definition) is 8. The summed E-state index contributed by atoms with van der Waals surface area (Å²) in [5.74, 6) is -0.0167. The van der Waals surface area contributed by atoms with Crippen LogP contribution in [0.15, 0.2) is 59.4 Å². The van der Waals surface area contributed by atoms with Crippen LogP contribution in [0.25, 0.3) is 5.69 Å². The van der Waals surface area contributed by atoms with E-state index in [0.717, 1.165) is 24.2 Å². The lowest BCUT2D eigenvalue weighted by Gasteiger charge is -2.19. The summed E-state index contributed by atoms with van der Waals surface area (Å²) < 4.78 is 19.2. The normalized spacial score (nSPS) is 12.5. The van der Waals surface area contributed by atoms with Gasteiger partial charge in [-0.3, -0.25) is 14.3 Å². The number of carbonyl (C=O) groups is 1. The summed E-state index contributed by atoms with van der Waals surface area (Å²) in [4.78, 5) is 38.6. The number of aromatic nitrogens is 5. The molecule has 184 valence electrons. The van der Waals surface area contributed by atoms with E-state index in [0.29, 0.717) is 24.4 Å². The van der Waals surface area contributed by atoms with E-state index in [1.165, 1.54) is 14.2 Å². The fourth-order valence-electron chi connectivity index (χ4n) is 4.14. The monoisotopic (exact) mass is 488 g/mol. The number of ether oxygens (including phenoxy) is 3. The SMILES string of the molecule is COc1nc(OC)nc(Oc2ccc(NC(=O)c3c4n(n(-c5ccccc5)c3=O)CCCC4)cc2)n1. The van der Waals surface area contributed by atoms with E-state index in [2.05, 4.69) is 20.3 Å². The average molecular weight is 489 g/mol. The fraction of sp³-hybridized carbons (Fsp3) is 0.240. The van der Waals surface area contributed by atoms with E-state index in [1.807, 2.05) is 35.0 Å². The van der Waals surface area contributed by atoms with E-state index in [9.17, 15) is 9.59 Å². The maximum atomic E-state index is 13.4. The van der Waals surface area contributed by atoms with Crippen molar-refractivity contribution in [3.63, 3.8) is 0 Å². The van der Waals surface area contributed by atoms with Gasteiger partial charge >= 0.3 is 18.0 Å². The summed E-state index contributed by atoms with van der Waals surface area (Å²) in [5.41, 5.74) is 1.85. The zero-order valence-electron chi connectivity index (χ0n) is 19.8. The molecule has 4 aromatic rings. The molecule has 0 fully saturated rings. The topological polar surface area (TPSA) is 122 Å². The Balaban J connectivity index is 1.37. The van der Waals surface area contributed by atoms with E-state index in [-0.39, 0.29) is 29.2 Å². The smallest absolute Gasteiger partial charge is 0.331 e. The van der Waals surface area contributed by atoms with E-state index in [4.69, 9.17) is 14.2 Å². The van der Waals surface area contributed by atoms with Gasteiger partial charge in [-0.05, 0) is 55.7 Å². The van der Waals surface area contributed by atoms with Crippen LogP contribution >= 0.6 is 0 Å². The Hall–Kier alpha value is -4.67. The number of rotatable bonds is 7. The Morgan fingerprint density at radius 3 is 2.22 bits per heavy atom. The van der Waals surface area contributed by atoms with Gasteiger partial charge in [-0.2, -0.15) is 0 Å². The molecular formula is C25H24N6O5. The molecular weight excluding hydrogens is 464 g/mol. The van der Waals surface area contributed by atoms with Gasteiger partial charge in [0.25, 0.3) is 11.5 Å². The molecule has 0 saturated heterocycles. The van der Waals surface area contributed by atoms with Crippen LogP contribution in [0, 0.1) is 0 Å². The van der Waals surface area contributed by atoms with Crippen molar-refractivity contribution in [3.05, 3.63) is 76.2 Å². The van der Waals surface area contributed by atoms with Crippen molar-refractivity contribution in [1.29, 1.82) is 0 Å². The van der Waals surface area contributed by atoms with Crippen molar-refractivity contribution >= 4 is 11.6 Å². The number of amides is 1. The summed E-state index contributed by atoms with van der Waals surface area (Å²) >= 11 is 0. The number of benzene rings is 2. The number of carbonyl (C=O) groups excluding carboxylic acids is 1. The fourth-order valence-corrected chi connectivity index (χ4v) is 4.14. The molecule has 0 atom stereocenters. The van der Waals surface area contributed by atoms with Crippen LogP contribution in [-0.4, -0.2) is 44.4 Å². The van der Waals surface area contributed by atoms with Gasteiger partial charge in [0.15, 0.2) is 0 Å². The molecule has 11 heteroatoms. The highest BCUT2D eigenvalue weighted by Gasteiger charge is 2.27. The van der Waals surface area contributed by atoms with Gasteiger partial charge in [0.2, 0.25) is 0 Å². The molecule has 3 heterocycles. The minimum absolute atomic E-state index is 0.00242. The standard InChI is InChI=1S/C25H24N6O5/c1-34-23-27-24(35-2)29-25(28-23)36-18-13-11-16(12-14-18)26-21(32)20-19-10-6-7-15-30(19)31(22(20)33)17-8-4-3-5-9-17/h3-5,8-9,11-14H,6-7,10,15H2,1-2H3,(H,26,32). The first-order chi connectivity index (χ1) is 17.6. The minimum Gasteiger partial charge on any atom is -0.467 e. The highest BCUT2D eigenvalue weighted by Crippen LogP contribution is 2.24. The molecule has 5 rings (SSSR count). The van der Waals surface area contributed by atoms with E-state index < -0.39 is 5.91 Å².